The van der Waals surface area contributed by atoms with Crippen LogP contribution in [0.4, 0.5) is 33.2 Å². The van der Waals surface area contributed by atoms with Gasteiger partial charge in [-0.1, -0.05) is 48.6 Å². The summed E-state index contributed by atoms with van der Waals surface area (Å²) in [6.07, 6.45) is 0. The fourth-order valence-electron chi connectivity index (χ4n) is 5.24. The van der Waals surface area contributed by atoms with Crippen LogP contribution in [0.1, 0.15) is 11.1 Å². The van der Waals surface area contributed by atoms with Crippen molar-refractivity contribution in [3.05, 3.63) is 138 Å². The Labute approximate surface area is 246 Å². The molecule has 0 bridgehead atoms. The predicted octanol–water partition coefficient (Wildman–Crippen LogP) is 6.19. The molecule has 1 aliphatic heterocycles. The number of rotatable bonds is 5. The maximum absolute atomic E-state index is 14.3. The number of nitrogens with zero attached hydrogens (tertiary/aromatic N) is 5. The smallest absolute Gasteiger partial charge is 0.268 e. The first-order chi connectivity index (χ1) is 20.6. The Balaban J connectivity index is 1.75. The van der Waals surface area contributed by atoms with Crippen molar-refractivity contribution < 1.29 is 24.4 Å². The second-order valence-corrected chi connectivity index (χ2v) is 9.76. The van der Waals surface area contributed by atoms with Crippen LogP contribution < -0.4 is 9.80 Å². The SMILES string of the molecule is O=C1C(=C2c3cc([N+](=O)[O-])ccc3-c3c2cc([N+](=O)[O-])cc3[N+](=O)[O-])C(=S)N(c2ccccc2)C(=O)N1c1ccccc1. The number of fused-ring (bicyclic) bond motifs is 3. The lowest BCUT2D eigenvalue weighted by Gasteiger charge is -2.36. The molecule has 43 heavy (non-hydrogen) atoms. The number of imide groups is 1. The maximum atomic E-state index is 14.3. The summed E-state index contributed by atoms with van der Waals surface area (Å²) in [4.78, 5) is 63.3. The van der Waals surface area contributed by atoms with Gasteiger partial charge in [0.25, 0.3) is 23.0 Å². The number of carbonyl (C=O) groups excluding carboxylic acids is 2. The third-order valence-electron chi connectivity index (χ3n) is 7.03. The maximum Gasteiger partial charge on any atom is 0.341 e. The number of urea groups is 1. The van der Waals surface area contributed by atoms with Gasteiger partial charge in [0.2, 0.25) is 0 Å². The summed E-state index contributed by atoms with van der Waals surface area (Å²) < 4.78 is 0. The van der Waals surface area contributed by atoms with E-state index in [1.54, 1.807) is 48.5 Å². The molecular weight excluding hydrogens is 578 g/mol. The number of para-hydroxylation sites is 2. The van der Waals surface area contributed by atoms with Crippen LogP contribution in [0, 0.1) is 30.3 Å². The van der Waals surface area contributed by atoms with Gasteiger partial charge in [-0.25, -0.2) is 9.69 Å². The lowest BCUT2D eigenvalue weighted by molar-refractivity contribution is -0.393. The van der Waals surface area contributed by atoms with Crippen LogP contribution >= 0.6 is 12.2 Å². The van der Waals surface area contributed by atoms with E-state index in [-0.39, 0.29) is 44.1 Å². The summed E-state index contributed by atoms with van der Waals surface area (Å²) in [5.41, 5.74) is -1.62. The van der Waals surface area contributed by atoms with E-state index in [2.05, 4.69) is 0 Å². The van der Waals surface area contributed by atoms with Crippen LogP contribution in [0.2, 0.25) is 0 Å². The Morgan fingerprint density at radius 2 is 1.14 bits per heavy atom. The predicted molar refractivity (Wildman–Crippen MR) is 159 cm³/mol. The largest absolute Gasteiger partial charge is 0.341 e. The highest BCUT2D eigenvalue weighted by Crippen LogP contribution is 2.53. The molecule has 13 nitrogen and oxygen atoms in total. The highest BCUT2D eigenvalue weighted by atomic mass is 32.1. The molecule has 1 saturated heterocycles. The highest BCUT2D eigenvalue weighted by Gasteiger charge is 2.46. The van der Waals surface area contributed by atoms with Gasteiger partial charge in [-0.15, -0.1) is 0 Å². The molecular formula is C29H15N5O8S. The molecule has 0 N–H and O–H groups in total. The summed E-state index contributed by atoms with van der Waals surface area (Å²) in [6.45, 7) is 0. The van der Waals surface area contributed by atoms with Gasteiger partial charge in [-0.05, 0) is 41.5 Å². The van der Waals surface area contributed by atoms with Crippen molar-refractivity contribution in [1.29, 1.82) is 0 Å². The molecule has 1 fully saturated rings. The van der Waals surface area contributed by atoms with Gasteiger partial charge in [0, 0.05) is 29.3 Å². The fourth-order valence-corrected chi connectivity index (χ4v) is 5.61. The summed E-state index contributed by atoms with van der Waals surface area (Å²) >= 11 is 5.73. The molecule has 0 atom stereocenters. The minimum atomic E-state index is -0.914. The van der Waals surface area contributed by atoms with E-state index in [0.29, 0.717) is 5.69 Å². The topological polar surface area (TPSA) is 170 Å². The summed E-state index contributed by atoms with van der Waals surface area (Å²) in [5, 5.41) is 35.8. The average molecular weight is 594 g/mol. The molecule has 4 aromatic carbocycles. The molecule has 0 unspecified atom stereocenters. The van der Waals surface area contributed by atoms with E-state index in [1.807, 2.05) is 0 Å². The van der Waals surface area contributed by atoms with Crippen molar-refractivity contribution in [3.63, 3.8) is 0 Å². The molecule has 3 amide bonds. The van der Waals surface area contributed by atoms with Crippen molar-refractivity contribution in [2.24, 2.45) is 0 Å². The van der Waals surface area contributed by atoms with Crippen LogP contribution in [0.25, 0.3) is 16.7 Å². The molecule has 0 spiro atoms. The number of amides is 3. The van der Waals surface area contributed by atoms with E-state index in [1.165, 1.54) is 18.2 Å². The number of benzene rings is 4. The molecule has 2 aliphatic rings. The second kappa shape index (κ2) is 10.0. The van der Waals surface area contributed by atoms with Gasteiger partial charge in [0.15, 0.2) is 0 Å². The van der Waals surface area contributed by atoms with Gasteiger partial charge in [0.05, 0.1) is 43.3 Å². The molecule has 1 aliphatic carbocycles. The zero-order chi connectivity index (χ0) is 30.6. The van der Waals surface area contributed by atoms with Gasteiger partial charge >= 0.3 is 6.03 Å². The Kier molecular flexibility index (Phi) is 6.31. The van der Waals surface area contributed by atoms with Crippen LogP contribution in [-0.4, -0.2) is 31.7 Å². The second-order valence-electron chi connectivity index (χ2n) is 9.37. The molecule has 0 aromatic heterocycles. The van der Waals surface area contributed by atoms with Crippen molar-refractivity contribution in [1.82, 2.24) is 0 Å². The summed E-state index contributed by atoms with van der Waals surface area (Å²) in [6, 6.07) is 20.7. The molecule has 0 saturated carbocycles. The zero-order valence-electron chi connectivity index (χ0n) is 21.6. The van der Waals surface area contributed by atoms with Crippen LogP contribution in [0.3, 0.4) is 0 Å². The van der Waals surface area contributed by atoms with E-state index < -0.39 is 43.8 Å². The van der Waals surface area contributed by atoms with Crippen molar-refractivity contribution >= 4 is 63.2 Å². The minimum absolute atomic E-state index is 0.0221. The van der Waals surface area contributed by atoms with E-state index in [9.17, 15) is 39.9 Å². The number of carbonyl (C=O) groups is 2. The number of non-ortho nitro benzene ring substituents is 2. The molecule has 4 aromatic rings. The van der Waals surface area contributed by atoms with Crippen molar-refractivity contribution in [2.45, 2.75) is 0 Å². The molecule has 1 heterocycles. The van der Waals surface area contributed by atoms with E-state index in [4.69, 9.17) is 12.2 Å². The third-order valence-corrected chi connectivity index (χ3v) is 7.41. The number of thiocarbonyl (C=S) groups is 1. The van der Waals surface area contributed by atoms with Gasteiger partial charge in [-0.3, -0.25) is 40.0 Å². The Morgan fingerprint density at radius 1 is 0.581 bits per heavy atom. The number of nitro groups is 3. The molecule has 210 valence electrons. The number of hydrogen-bond acceptors (Lipinski definition) is 9. The Bertz CT molecular complexity index is 1910. The Hall–Kier alpha value is -6.15. The minimum Gasteiger partial charge on any atom is -0.268 e. The van der Waals surface area contributed by atoms with Crippen LogP contribution in [-0.2, 0) is 4.79 Å². The first-order valence-corrected chi connectivity index (χ1v) is 12.8. The van der Waals surface area contributed by atoms with Crippen molar-refractivity contribution in [2.75, 3.05) is 9.80 Å². The summed E-state index contributed by atoms with van der Waals surface area (Å²) in [7, 11) is 0. The summed E-state index contributed by atoms with van der Waals surface area (Å²) in [5.74, 6) is -0.914. The van der Waals surface area contributed by atoms with E-state index >= 15 is 0 Å². The van der Waals surface area contributed by atoms with Crippen LogP contribution in [0.5, 0.6) is 0 Å². The first kappa shape index (κ1) is 27.0. The number of nitro benzene ring substituents is 3. The first-order valence-electron chi connectivity index (χ1n) is 12.4. The standard InChI is InChI=1S/C29H15N5O8S/c35-27-26(28(43)31(17-9-5-2-6-10-17)29(36)30(27)16-7-3-1-4-8-16)25-21-13-18(32(37)38)11-12-20(21)24-22(25)14-19(33(39)40)15-23(24)34(41)42/h1-15H. The monoisotopic (exact) mass is 593 g/mol. The number of anilines is 2. The van der Waals surface area contributed by atoms with Crippen molar-refractivity contribution in [3.8, 4) is 11.1 Å². The highest BCUT2D eigenvalue weighted by molar-refractivity contribution is 7.81. The number of hydrogen-bond donors (Lipinski definition) is 0. The molecule has 0 radical (unpaired) electrons. The zero-order valence-corrected chi connectivity index (χ0v) is 22.4. The van der Waals surface area contributed by atoms with Gasteiger partial charge in [-0.2, -0.15) is 0 Å². The Morgan fingerprint density at radius 3 is 1.70 bits per heavy atom. The van der Waals surface area contributed by atoms with Gasteiger partial charge < -0.3 is 0 Å². The van der Waals surface area contributed by atoms with E-state index in [0.717, 1.165) is 34.1 Å². The lowest BCUT2D eigenvalue weighted by Crippen LogP contribution is -2.56. The van der Waals surface area contributed by atoms with Gasteiger partial charge in [0.1, 0.15) is 4.99 Å². The average Bonchev–Trinajstić information content (AvgIpc) is 3.31. The lowest BCUT2D eigenvalue weighted by atomic mass is 9.94. The normalized spacial score (nSPS) is 15.8. The molecule has 14 heteroatoms. The fraction of sp³-hybridized carbons (Fsp3) is 0. The van der Waals surface area contributed by atoms with Crippen LogP contribution in [0.15, 0.2) is 96.6 Å². The third kappa shape index (κ3) is 4.20. The molecule has 6 rings (SSSR count). The quantitative estimate of drug-likeness (QED) is 0.0997.